The van der Waals surface area contributed by atoms with Crippen molar-refractivity contribution < 1.29 is 4.79 Å². The van der Waals surface area contributed by atoms with Crippen molar-refractivity contribution in [2.24, 2.45) is 0 Å². The maximum absolute atomic E-state index is 11.9. The van der Waals surface area contributed by atoms with E-state index in [-0.39, 0.29) is 5.91 Å². The molecule has 0 aliphatic carbocycles. The third-order valence-corrected chi connectivity index (χ3v) is 4.02. The topological polar surface area (TPSA) is 20.3 Å². The quantitative estimate of drug-likeness (QED) is 0.769. The predicted octanol–water partition coefficient (Wildman–Crippen LogP) is 3.37. The van der Waals surface area contributed by atoms with Crippen molar-refractivity contribution >= 4 is 49.1 Å². The van der Waals surface area contributed by atoms with Gasteiger partial charge in [0.05, 0.1) is 0 Å². The molecule has 1 amide bonds. The maximum Gasteiger partial charge on any atom is 0.265 e. The van der Waals surface area contributed by atoms with Crippen molar-refractivity contribution in [2.75, 3.05) is 18.4 Å². The Morgan fingerprint density at radius 3 is 2.79 bits per heavy atom. The first-order valence-electron chi connectivity index (χ1n) is 4.29. The number of carbonyl (C=O) groups is 1. The highest BCUT2D eigenvalue weighted by Crippen LogP contribution is 2.24. The van der Waals surface area contributed by atoms with Gasteiger partial charge in [0.25, 0.3) is 5.91 Å². The third kappa shape index (κ3) is 2.81. The average Bonchev–Trinajstić information content (AvgIpc) is 2.59. The lowest BCUT2D eigenvalue weighted by atomic mass is 10.4. The van der Waals surface area contributed by atoms with E-state index in [9.17, 15) is 4.79 Å². The Labute approximate surface area is 105 Å². The minimum atomic E-state index is 0.105. The maximum atomic E-state index is 11.9. The number of thiophene rings is 1. The van der Waals surface area contributed by atoms with Crippen molar-refractivity contribution in [2.45, 2.75) is 6.92 Å². The molecule has 5 heteroatoms. The van der Waals surface area contributed by atoms with Gasteiger partial charge in [-0.2, -0.15) is 0 Å². The van der Waals surface area contributed by atoms with Crippen LogP contribution in [0.2, 0.25) is 0 Å². The Bertz CT molecular complexity index is 314. The molecule has 0 fully saturated rings. The molecule has 0 atom stereocenters. The SMILES string of the molecule is CCN(CCBr)C(=O)c1sccc1Br. The molecular formula is C9H11Br2NOS. The van der Waals surface area contributed by atoms with Gasteiger partial charge >= 0.3 is 0 Å². The molecule has 1 rings (SSSR count). The number of hydrogen-bond acceptors (Lipinski definition) is 2. The standard InChI is InChI=1S/C9H11Br2NOS/c1-2-12(5-4-10)9(13)8-7(11)3-6-14-8/h3,6H,2,4-5H2,1H3. The van der Waals surface area contributed by atoms with Crippen molar-refractivity contribution in [1.29, 1.82) is 0 Å². The molecule has 78 valence electrons. The zero-order valence-electron chi connectivity index (χ0n) is 7.80. The summed E-state index contributed by atoms with van der Waals surface area (Å²) in [5, 5.41) is 2.73. The van der Waals surface area contributed by atoms with Crippen LogP contribution in [0.3, 0.4) is 0 Å². The average molecular weight is 341 g/mol. The Balaban J connectivity index is 2.78. The third-order valence-electron chi connectivity index (χ3n) is 1.83. The number of halogens is 2. The predicted molar refractivity (Wildman–Crippen MR) is 67.4 cm³/mol. The fourth-order valence-electron chi connectivity index (χ4n) is 1.10. The summed E-state index contributed by atoms with van der Waals surface area (Å²) in [5.41, 5.74) is 0. The van der Waals surface area contributed by atoms with Crippen molar-refractivity contribution in [3.8, 4) is 0 Å². The molecule has 0 aliphatic heterocycles. The molecule has 1 aromatic heterocycles. The summed E-state index contributed by atoms with van der Waals surface area (Å²) in [6, 6.07) is 1.90. The van der Waals surface area contributed by atoms with Gasteiger partial charge in [-0.25, -0.2) is 0 Å². The van der Waals surface area contributed by atoms with Crippen LogP contribution in [-0.2, 0) is 0 Å². The molecule has 2 nitrogen and oxygen atoms in total. The van der Waals surface area contributed by atoms with E-state index in [2.05, 4.69) is 31.9 Å². The van der Waals surface area contributed by atoms with E-state index in [4.69, 9.17) is 0 Å². The highest BCUT2D eigenvalue weighted by atomic mass is 79.9. The molecule has 0 aliphatic rings. The number of nitrogens with zero attached hydrogens (tertiary/aromatic N) is 1. The highest BCUT2D eigenvalue weighted by Gasteiger charge is 2.17. The Kier molecular flexibility index (Phi) is 5.12. The number of hydrogen-bond donors (Lipinski definition) is 0. The van der Waals surface area contributed by atoms with Crippen LogP contribution in [0.15, 0.2) is 15.9 Å². The van der Waals surface area contributed by atoms with Crippen LogP contribution in [0.25, 0.3) is 0 Å². The van der Waals surface area contributed by atoms with Gasteiger partial charge in [0.15, 0.2) is 0 Å². The van der Waals surface area contributed by atoms with Crippen molar-refractivity contribution in [1.82, 2.24) is 4.90 Å². The van der Waals surface area contributed by atoms with Crippen LogP contribution in [0.5, 0.6) is 0 Å². The van der Waals surface area contributed by atoms with E-state index in [0.717, 1.165) is 27.8 Å². The normalized spacial score (nSPS) is 10.2. The van der Waals surface area contributed by atoms with Gasteiger partial charge in [0.2, 0.25) is 0 Å². The summed E-state index contributed by atoms with van der Waals surface area (Å²) in [7, 11) is 0. The van der Waals surface area contributed by atoms with Crippen LogP contribution in [0.4, 0.5) is 0 Å². The molecule has 0 saturated carbocycles. The lowest BCUT2D eigenvalue weighted by molar-refractivity contribution is 0.0779. The van der Waals surface area contributed by atoms with Gasteiger partial charge in [-0.3, -0.25) is 4.79 Å². The summed E-state index contributed by atoms with van der Waals surface area (Å²) < 4.78 is 0.889. The lowest BCUT2D eigenvalue weighted by Crippen LogP contribution is -2.32. The molecule has 0 spiro atoms. The number of alkyl halides is 1. The molecule has 0 saturated heterocycles. The monoisotopic (exact) mass is 339 g/mol. The van der Waals surface area contributed by atoms with Crippen LogP contribution < -0.4 is 0 Å². The first-order valence-corrected chi connectivity index (χ1v) is 7.08. The van der Waals surface area contributed by atoms with Crippen LogP contribution in [0.1, 0.15) is 16.6 Å². The molecule has 0 unspecified atom stereocenters. The zero-order chi connectivity index (χ0) is 10.6. The van der Waals surface area contributed by atoms with Gasteiger partial charge in [0, 0.05) is 22.9 Å². The Hall–Kier alpha value is 0.130. The Morgan fingerprint density at radius 2 is 2.36 bits per heavy atom. The molecule has 1 aromatic rings. The van der Waals surface area contributed by atoms with Gasteiger partial charge in [0.1, 0.15) is 4.88 Å². The zero-order valence-corrected chi connectivity index (χ0v) is 11.8. The fourth-order valence-corrected chi connectivity index (χ4v) is 3.03. The second-order valence-corrected chi connectivity index (χ2v) is 5.23. The molecule has 14 heavy (non-hydrogen) atoms. The Morgan fingerprint density at radius 1 is 1.64 bits per heavy atom. The number of rotatable bonds is 4. The summed E-state index contributed by atoms with van der Waals surface area (Å²) in [6.07, 6.45) is 0. The van der Waals surface area contributed by atoms with E-state index >= 15 is 0 Å². The summed E-state index contributed by atoms with van der Waals surface area (Å²) in [4.78, 5) is 14.5. The van der Waals surface area contributed by atoms with Crippen molar-refractivity contribution in [3.63, 3.8) is 0 Å². The fraction of sp³-hybridized carbons (Fsp3) is 0.444. The molecule has 0 radical (unpaired) electrons. The highest BCUT2D eigenvalue weighted by molar-refractivity contribution is 9.10. The molecular weight excluding hydrogens is 330 g/mol. The smallest absolute Gasteiger partial charge is 0.265 e. The van der Waals surface area contributed by atoms with Gasteiger partial charge in [-0.05, 0) is 34.3 Å². The van der Waals surface area contributed by atoms with E-state index in [1.807, 2.05) is 23.3 Å². The van der Waals surface area contributed by atoms with Gasteiger partial charge < -0.3 is 4.90 Å². The van der Waals surface area contributed by atoms with E-state index in [1.54, 1.807) is 0 Å². The summed E-state index contributed by atoms with van der Waals surface area (Å²) >= 11 is 8.18. The van der Waals surface area contributed by atoms with Crippen LogP contribution in [-0.4, -0.2) is 29.2 Å². The summed E-state index contributed by atoms with van der Waals surface area (Å²) in [6.45, 7) is 3.48. The first-order chi connectivity index (χ1) is 6.70. The molecule has 1 heterocycles. The lowest BCUT2D eigenvalue weighted by Gasteiger charge is -2.18. The summed E-state index contributed by atoms with van der Waals surface area (Å²) in [5.74, 6) is 0.105. The van der Waals surface area contributed by atoms with E-state index < -0.39 is 0 Å². The minimum Gasteiger partial charge on any atom is -0.337 e. The number of carbonyl (C=O) groups excluding carboxylic acids is 1. The second kappa shape index (κ2) is 5.88. The number of amides is 1. The van der Waals surface area contributed by atoms with Gasteiger partial charge in [-0.15, -0.1) is 11.3 Å². The molecule has 0 aromatic carbocycles. The molecule has 0 N–H and O–H groups in total. The van der Waals surface area contributed by atoms with Crippen molar-refractivity contribution in [3.05, 3.63) is 20.8 Å². The van der Waals surface area contributed by atoms with E-state index in [0.29, 0.717) is 0 Å². The van der Waals surface area contributed by atoms with Gasteiger partial charge in [-0.1, -0.05) is 15.9 Å². The van der Waals surface area contributed by atoms with E-state index in [1.165, 1.54) is 11.3 Å². The second-order valence-electron chi connectivity index (χ2n) is 2.67. The van der Waals surface area contributed by atoms with Crippen LogP contribution in [0, 0.1) is 0 Å². The minimum absolute atomic E-state index is 0.105. The first kappa shape index (κ1) is 12.2. The molecule has 0 bridgehead atoms. The van der Waals surface area contributed by atoms with Crippen LogP contribution >= 0.6 is 43.2 Å². The largest absolute Gasteiger partial charge is 0.337 e.